The average Bonchev–Trinajstić information content (AvgIpc) is 2.21. The smallest absolute Gasteiger partial charge is 0.224 e. The Bertz CT molecular complexity index is 281. The number of amides is 1. The zero-order valence-electron chi connectivity index (χ0n) is 9.42. The molecule has 0 heterocycles. The van der Waals surface area contributed by atoms with Gasteiger partial charge in [-0.25, -0.2) is 0 Å². The number of benzene rings is 1. The summed E-state index contributed by atoms with van der Waals surface area (Å²) in [5.41, 5.74) is 2.26. The molecule has 1 N–H and O–H groups in total. The first-order valence-electron chi connectivity index (χ1n) is 4.98. The van der Waals surface area contributed by atoms with E-state index in [0.29, 0.717) is 6.42 Å². The molecular weight excluding hydrogens is 174 g/mol. The number of rotatable bonds is 2. The maximum absolute atomic E-state index is 11.0. The second kappa shape index (κ2) is 7.13. The summed E-state index contributed by atoms with van der Waals surface area (Å²) in [7, 11) is 1.65. The van der Waals surface area contributed by atoms with E-state index in [-0.39, 0.29) is 5.91 Å². The molecule has 1 aromatic rings. The highest BCUT2D eigenvalue weighted by Crippen LogP contribution is 2.04. The van der Waals surface area contributed by atoms with Crippen molar-refractivity contribution in [2.45, 2.75) is 27.2 Å². The van der Waals surface area contributed by atoms with E-state index in [1.54, 1.807) is 7.05 Å². The normalized spacial score (nSPS) is 8.57. The van der Waals surface area contributed by atoms with Crippen LogP contribution in [0.4, 0.5) is 0 Å². The van der Waals surface area contributed by atoms with Gasteiger partial charge in [-0.15, -0.1) is 0 Å². The minimum absolute atomic E-state index is 0.0561. The van der Waals surface area contributed by atoms with Crippen molar-refractivity contribution in [3.05, 3.63) is 35.4 Å². The van der Waals surface area contributed by atoms with Gasteiger partial charge in [-0.2, -0.15) is 0 Å². The molecule has 0 fully saturated rings. The summed E-state index contributed by atoms with van der Waals surface area (Å²) in [5, 5.41) is 2.59. The van der Waals surface area contributed by atoms with Gasteiger partial charge in [-0.1, -0.05) is 43.7 Å². The van der Waals surface area contributed by atoms with Crippen LogP contribution >= 0.6 is 0 Å². The Kier molecular flexibility index (Phi) is 6.46. The summed E-state index contributed by atoms with van der Waals surface area (Å²) in [4.78, 5) is 11.0. The van der Waals surface area contributed by atoms with E-state index in [0.717, 1.165) is 5.56 Å². The van der Waals surface area contributed by atoms with Crippen LogP contribution in [0, 0.1) is 6.92 Å². The summed E-state index contributed by atoms with van der Waals surface area (Å²) in [6, 6.07) is 7.97. The Hall–Kier alpha value is -1.31. The lowest BCUT2D eigenvalue weighted by atomic mass is 10.1. The summed E-state index contributed by atoms with van der Waals surface area (Å²) in [6.45, 7) is 6.02. The fourth-order valence-electron chi connectivity index (χ4n) is 1.10. The molecule has 14 heavy (non-hydrogen) atoms. The second-order valence-corrected chi connectivity index (χ2v) is 2.84. The van der Waals surface area contributed by atoms with Gasteiger partial charge in [-0.05, 0) is 12.5 Å². The molecule has 0 bridgehead atoms. The van der Waals surface area contributed by atoms with E-state index in [2.05, 4.69) is 5.32 Å². The topological polar surface area (TPSA) is 29.1 Å². The van der Waals surface area contributed by atoms with E-state index in [4.69, 9.17) is 0 Å². The molecule has 0 aliphatic heterocycles. The Morgan fingerprint density at radius 1 is 1.36 bits per heavy atom. The van der Waals surface area contributed by atoms with Gasteiger partial charge < -0.3 is 5.32 Å². The molecular formula is C12H19NO. The van der Waals surface area contributed by atoms with Gasteiger partial charge in [0.2, 0.25) is 5.91 Å². The molecule has 0 atom stereocenters. The van der Waals surface area contributed by atoms with Gasteiger partial charge in [0.25, 0.3) is 0 Å². The van der Waals surface area contributed by atoms with E-state index >= 15 is 0 Å². The van der Waals surface area contributed by atoms with Crippen LogP contribution in [0.1, 0.15) is 25.0 Å². The van der Waals surface area contributed by atoms with Crippen molar-refractivity contribution < 1.29 is 4.79 Å². The zero-order valence-corrected chi connectivity index (χ0v) is 9.42. The van der Waals surface area contributed by atoms with Crippen LogP contribution < -0.4 is 5.32 Å². The Morgan fingerprint density at radius 2 is 2.00 bits per heavy atom. The van der Waals surface area contributed by atoms with Crippen LogP contribution in [0.15, 0.2) is 24.3 Å². The molecule has 0 spiro atoms. The van der Waals surface area contributed by atoms with Crippen molar-refractivity contribution in [2.24, 2.45) is 0 Å². The summed E-state index contributed by atoms with van der Waals surface area (Å²) in [6.07, 6.45) is 0.470. The Labute approximate surface area is 86.3 Å². The lowest BCUT2D eigenvalue weighted by Crippen LogP contribution is -2.19. The first-order valence-corrected chi connectivity index (χ1v) is 4.98. The fourth-order valence-corrected chi connectivity index (χ4v) is 1.10. The van der Waals surface area contributed by atoms with E-state index in [1.807, 2.05) is 45.0 Å². The lowest BCUT2D eigenvalue weighted by Gasteiger charge is -2.00. The maximum atomic E-state index is 11.0. The van der Waals surface area contributed by atoms with Crippen LogP contribution in [0.2, 0.25) is 0 Å². The first-order chi connectivity index (χ1) is 6.72. The van der Waals surface area contributed by atoms with Crippen molar-refractivity contribution in [1.82, 2.24) is 5.32 Å². The van der Waals surface area contributed by atoms with E-state index < -0.39 is 0 Å². The molecule has 0 saturated heterocycles. The van der Waals surface area contributed by atoms with Gasteiger partial charge in [-0.3, -0.25) is 4.79 Å². The molecule has 1 aromatic carbocycles. The molecule has 0 saturated carbocycles. The fraction of sp³-hybridized carbons (Fsp3) is 0.417. The summed E-state index contributed by atoms with van der Waals surface area (Å²) in [5.74, 6) is 0.0561. The van der Waals surface area contributed by atoms with Crippen LogP contribution in [0.5, 0.6) is 0 Å². The lowest BCUT2D eigenvalue weighted by molar-refractivity contribution is -0.119. The van der Waals surface area contributed by atoms with Gasteiger partial charge in [0.1, 0.15) is 0 Å². The molecule has 0 radical (unpaired) electrons. The van der Waals surface area contributed by atoms with Gasteiger partial charge in [0, 0.05) is 7.05 Å². The monoisotopic (exact) mass is 193 g/mol. The van der Waals surface area contributed by atoms with Gasteiger partial charge in [0.05, 0.1) is 6.42 Å². The molecule has 1 rings (SSSR count). The van der Waals surface area contributed by atoms with Crippen molar-refractivity contribution in [3.63, 3.8) is 0 Å². The Morgan fingerprint density at radius 3 is 2.50 bits per heavy atom. The summed E-state index contributed by atoms with van der Waals surface area (Å²) < 4.78 is 0. The van der Waals surface area contributed by atoms with Crippen LogP contribution in [0.25, 0.3) is 0 Å². The number of hydrogen-bond acceptors (Lipinski definition) is 1. The third kappa shape index (κ3) is 4.65. The highest BCUT2D eigenvalue weighted by Gasteiger charge is 1.99. The molecule has 0 unspecified atom stereocenters. The first kappa shape index (κ1) is 12.7. The van der Waals surface area contributed by atoms with Crippen LogP contribution in [0.3, 0.4) is 0 Å². The molecule has 0 aromatic heterocycles. The molecule has 2 heteroatoms. The predicted molar refractivity (Wildman–Crippen MR) is 60.3 cm³/mol. The number of nitrogens with one attached hydrogen (secondary N) is 1. The number of carbonyl (C=O) groups is 1. The number of aryl methyl sites for hydroxylation is 1. The molecule has 78 valence electrons. The quantitative estimate of drug-likeness (QED) is 0.767. The number of carbonyl (C=O) groups excluding carboxylic acids is 1. The van der Waals surface area contributed by atoms with Crippen molar-refractivity contribution in [3.8, 4) is 0 Å². The largest absolute Gasteiger partial charge is 0.359 e. The Balaban J connectivity index is 0.000000791. The minimum atomic E-state index is 0.0561. The second-order valence-electron chi connectivity index (χ2n) is 2.84. The van der Waals surface area contributed by atoms with Gasteiger partial charge >= 0.3 is 0 Å². The third-order valence-electron chi connectivity index (χ3n) is 1.73. The molecule has 0 aliphatic carbocycles. The summed E-state index contributed by atoms with van der Waals surface area (Å²) >= 11 is 0. The number of likely N-dealkylation sites (N-methyl/N-ethyl adjacent to an activating group) is 1. The van der Waals surface area contributed by atoms with Gasteiger partial charge in [0.15, 0.2) is 0 Å². The minimum Gasteiger partial charge on any atom is -0.359 e. The third-order valence-corrected chi connectivity index (χ3v) is 1.73. The maximum Gasteiger partial charge on any atom is 0.224 e. The molecule has 1 amide bonds. The highest BCUT2D eigenvalue weighted by atomic mass is 16.1. The predicted octanol–water partition coefficient (Wildman–Crippen LogP) is 2.31. The van der Waals surface area contributed by atoms with Crippen molar-refractivity contribution in [1.29, 1.82) is 0 Å². The van der Waals surface area contributed by atoms with Crippen LogP contribution in [-0.2, 0) is 11.2 Å². The van der Waals surface area contributed by atoms with E-state index in [9.17, 15) is 4.79 Å². The van der Waals surface area contributed by atoms with Crippen LogP contribution in [-0.4, -0.2) is 13.0 Å². The van der Waals surface area contributed by atoms with E-state index in [1.165, 1.54) is 5.56 Å². The number of hydrogen-bond donors (Lipinski definition) is 1. The standard InChI is InChI=1S/C10H13NO.C2H6/c1-8-4-3-5-9(6-8)7-10(12)11-2;1-2/h3-6H,7H2,1-2H3,(H,11,12);1-2H3. The molecule has 0 aliphatic rings. The zero-order chi connectivity index (χ0) is 11.0. The average molecular weight is 193 g/mol. The SMILES string of the molecule is CC.CNC(=O)Cc1cccc(C)c1. The molecule has 2 nitrogen and oxygen atoms in total. The highest BCUT2D eigenvalue weighted by molar-refractivity contribution is 5.78. The van der Waals surface area contributed by atoms with Crippen molar-refractivity contribution in [2.75, 3.05) is 7.05 Å². The van der Waals surface area contributed by atoms with Crippen molar-refractivity contribution >= 4 is 5.91 Å².